The highest BCUT2D eigenvalue weighted by molar-refractivity contribution is 9.10. The third kappa shape index (κ3) is 2.82. The third-order valence-corrected chi connectivity index (χ3v) is 3.64. The van der Waals surface area contributed by atoms with E-state index in [1.807, 2.05) is 0 Å². The molecule has 1 aromatic heterocycles. The van der Waals surface area contributed by atoms with Crippen molar-refractivity contribution >= 4 is 35.7 Å². The molecule has 3 nitrogen and oxygen atoms in total. The zero-order valence-electron chi connectivity index (χ0n) is 6.72. The lowest BCUT2D eigenvalue weighted by Gasteiger charge is -2.06. The van der Waals surface area contributed by atoms with Gasteiger partial charge in [0.15, 0.2) is 0 Å². The fourth-order valence-electron chi connectivity index (χ4n) is 0.880. The largest absolute Gasteiger partial charge is 0.281 e. The van der Waals surface area contributed by atoms with Crippen LogP contribution >= 0.6 is 26.6 Å². The van der Waals surface area contributed by atoms with Gasteiger partial charge in [0.2, 0.25) is 5.95 Å². The Bertz CT molecular complexity index is 493. The average molecular weight is 325 g/mol. The van der Waals surface area contributed by atoms with Crippen LogP contribution in [0.5, 0.6) is 0 Å². The number of pyridine rings is 1. The Hall–Kier alpha value is -0.340. The van der Waals surface area contributed by atoms with Gasteiger partial charge in [-0.15, -0.1) is 0 Å². The third-order valence-electron chi connectivity index (χ3n) is 1.37. The SMILES string of the molecule is O=S(=O)(Cl)c1c(Br)cc(F)nc1C(F)F. The molecular weight excluding hydrogens is 322 g/mol. The van der Waals surface area contributed by atoms with Gasteiger partial charge in [0, 0.05) is 21.2 Å². The Morgan fingerprint density at radius 2 is 2.00 bits per heavy atom. The van der Waals surface area contributed by atoms with Crippen molar-refractivity contribution in [1.82, 2.24) is 4.98 Å². The molecule has 0 aliphatic heterocycles. The lowest BCUT2D eigenvalue weighted by Crippen LogP contribution is -2.04. The van der Waals surface area contributed by atoms with E-state index in [2.05, 4.69) is 20.9 Å². The second-order valence-corrected chi connectivity index (χ2v) is 5.74. The number of alkyl halides is 2. The Morgan fingerprint density at radius 1 is 1.47 bits per heavy atom. The number of rotatable bonds is 2. The summed E-state index contributed by atoms with van der Waals surface area (Å²) in [6.07, 6.45) is -3.24. The molecule has 0 N–H and O–H groups in total. The zero-order valence-corrected chi connectivity index (χ0v) is 9.87. The molecule has 0 aromatic carbocycles. The maximum atomic E-state index is 12.6. The minimum Gasteiger partial charge on any atom is -0.217 e. The molecule has 0 atom stereocenters. The molecule has 0 bridgehead atoms. The van der Waals surface area contributed by atoms with E-state index in [-0.39, 0.29) is 4.47 Å². The first-order valence-electron chi connectivity index (χ1n) is 3.32. The van der Waals surface area contributed by atoms with Crippen molar-refractivity contribution in [2.24, 2.45) is 0 Å². The molecule has 0 aliphatic rings. The van der Waals surface area contributed by atoms with Crippen LogP contribution in [-0.2, 0) is 9.05 Å². The van der Waals surface area contributed by atoms with E-state index in [4.69, 9.17) is 10.7 Å². The maximum Gasteiger partial charge on any atom is 0.281 e. The summed E-state index contributed by atoms with van der Waals surface area (Å²) >= 11 is 2.63. The first-order chi connectivity index (χ1) is 6.73. The molecule has 0 radical (unpaired) electrons. The van der Waals surface area contributed by atoms with E-state index < -0.39 is 32.0 Å². The first-order valence-corrected chi connectivity index (χ1v) is 6.42. The van der Waals surface area contributed by atoms with Gasteiger partial charge in [0.1, 0.15) is 10.6 Å². The molecule has 1 rings (SSSR count). The van der Waals surface area contributed by atoms with Crippen LogP contribution in [0.1, 0.15) is 12.1 Å². The molecule has 0 unspecified atom stereocenters. The number of halogens is 5. The molecule has 0 amide bonds. The molecule has 84 valence electrons. The smallest absolute Gasteiger partial charge is 0.217 e. The van der Waals surface area contributed by atoms with Crippen molar-refractivity contribution in [2.75, 3.05) is 0 Å². The van der Waals surface area contributed by atoms with E-state index in [1.54, 1.807) is 0 Å². The number of hydrogen-bond donors (Lipinski definition) is 0. The minimum atomic E-state index is -4.41. The molecular formula is C6H2BrClF3NO2S. The van der Waals surface area contributed by atoms with Gasteiger partial charge in [0.05, 0.1) is 0 Å². The molecule has 0 saturated carbocycles. The molecule has 0 spiro atoms. The average Bonchev–Trinajstić information content (AvgIpc) is 1.99. The van der Waals surface area contributed by atoms with Crippen molar-refractivity contribution in [3.05, 3.63) is 22.2 Å². The Morgan fingerprint density at radius 3 is 2.40 bits per heavy atom. The van der Waals surface area contributed by atoms with Gasteiger partial charge in [-0.25, -0.2) is 22.2 Å². The van der Waals surface area contributed by atoms with E-state index in [0.29, 0.717) is 6.07 Å². The Balaban J connectivity index is 3.62. The van der Waals surface area contributed by atoms with Gasteiger partial charge in [-0.05, 0) is 15.9 Å². The first kappa shape index (κ1) is 12.7. The van der Waals surface area contributed by atoms with Gasteiger partial charge in [-0.2, -0.15) is 4.39 Å². The van der Waals surface area contributed by atoms with Crippen LogP contribution in [0, 0.1) is 5.95 Å². The van der Waals surface area contributed by atoms with Crippen LogP contribution in [0.3, 0.4) is 0 Å². The standard InChI is InChI=1S/C6H2BrClF3NO2S/c7-2-1-3(9)12-4(6(10)11)5(2)15(8,13)14/h1,6H. The van der Waals surface area contributed by atoms with Crippen molar-refractivity contribution in [3.8, 4) is 0 Å². The van der Waals surface area contributed by atoms with Gasteiger partial charge >= 0.3 is 0 Å². The molecule has 15 heavy (non-hydrogen) atoms. The van der Waals surface area contributed by atoms with Crippen molar-refractivity contribution in [3.63, 3.8) is 0 Å². The summed E-state index contributed by atoms with van der Waals surface area (Å²) < 4.78 is 58.8. The Labute approximate surface area is 95.8 Å². The van der Waals surface area contributed by atoms with Crippen molar-refractivity contribution < 1.29 is 21.6 Å². The maximum absolute atomic E-state index is 12.6. The molecule has 0 aliphatic carbocycles. The molecule has 1 aromatic rings. The highest BCUT2D eigenvalue weighted by Gasteiger charge is 2.27. The quantitative estimate of drug-likeness (QED) is 0.621. The van der Waals surface area contributed by atoms with Crippen LogP contribution in [0.15, 0.2) is 15.4 Å². The second-order valence-electron chi connectivity index (χ2n) is 2.38. The number of aromatic nitrogens is 1. The topological polar surface area (TPSA) is 47.0 Å². The number of hydrogen-bond acceptors (Lipinski definition) is 3. The fraction of sp³-hybridized carbons (Fsp3) is 0.167. The Kier molecular flexibility index (Phi) is 3.62. The van der Waals surface area contributed by atoms with E-state index in [9.17, 15) is 21.6 Å². The molecule has 1 heterocycles. The van der Waals surface area contributed by atoms with Gasteiger partial charge in [-0.3, -0.25) is 0 Å². The normalized spacial score (nSPS) is 12.1. The van der Waals surface area contributed by atoms with Crippen molar-refractivity contribution in [2.45, 2.75) is 11.3 Å². The van der Waals surface area contributed by atoms with E-state index >= 15 is 0 Å². The van der Waals surface area contributed by atoms with Gasteiger partial charge < -0.3 is 0 Å². The summed E-state index contributed by atoms with van der Waals surface area (Å²) in [4.78, 5) is 1.87. The van der Waals surface area contributed by atoms with Crippen LogP contribution in [0.25, 0.3) is 0 Å². The fourth-order valence-corrected chi connectivity index (χ4v) is 3.35. The summed E-state index contributed by atoms with van der Waals surface area (Å²) in [5.74, 6) is -1.22. The van der Waals surface area contributed by atoms with Crippen LogP contribution < -0.4 is 0 Å². The minimum absolute atomic E-state index is 0.389. The predicted octanol–water partition coefficient (Wildman–Crippen LogP) is 2.85. The lowest BCUT2D eigenvalue weighted by atomic mass is 10.3. The monoisotopic (exact) mass is 323 g/mol. The van der Waals surface area contributed by atoms with Crippen molar-refractivity contribution in [1.29, 1.82) is 0 Å². The summed E-state index contributed by atoms with van der Waals surface area (Å²) in [7, 11) is 0.502. The van der Waals surface area contributed by atoms with E-state index in [1.165, 1.54) is 0 Å². The van der Waals surface area contributed by atoms with Crippen LogP contribution in [0.2, 0.25) is 0 Å². The second kappa shape index (κ2) is 4.26. The predicted molar refractivity (Wildman–Crippen MR) is 49.9 cm³/mol. The summed E-state index contributed by atoms with van der Waals surface area (Å²) in [6.45, 7) is 0. The highest BCUT2D eigenvalue weighted by Crippen LogP contribution is 2.33. The number of nitrogens with zero attached hydrogens (tertiary/aromatic N) is 1. The van der Waals surface area contributed by atoms with E-state index in [0.717, 1.165) is 0 Å². The van der Waals surface area contributed by atoms with Crippen LogP contribution in [-0.4, -0.2) is 13.4 Å². The van der Waals surface area contributed by atoms with Gasteiger partial charge in [0.25, 0.3) is 15.5 Å². The summed E-state index contributed by atoms with van der Waals surface area (Å²) in [5.41, 5.74) is -1.21. The zero-order chi connectivity index (χ0) is 11.8. The molecule has 9 heteroatoms. The molecule has 0 saturated heterocycles. The molecule has 0 fully saturated rings. The van der Waals surface area contributed by atoms with Crippen LogP contribution in [0.4, 0.5) is 13.2 Å². The highest BCUT2D eigenvalue weighted by atomic mass is 79.9. The van der Waals surface area contributed by atoms with Gasteiger partial charge in [-0.1, -0.05) is 0 Å². The summed E-state index contributed by atoms with van der Waals surface area (Å²) in [6, 6.07) is 0.640. The lowest BCUT2D eigenvalue weighted by molar-refractivity contribution is 0.140. The summed E-state index contributed by atoms with van der Waals surface area (Å²) in [5, 5.41) is 0.